The van der Waals surface area contributed by atoms with Crippen molar-refractivity contribution in [3.05, 3.63) is 0 Å². The molecule has 0 bridgehead atoms. The van der Waals surface area contributed by atoms with Crippen molar-refractivity contribution in [3.63, 3.8) is 0 Å². The lowest BCUT2D eigenvalue weighted by atomic mass is 10.1. The molecule has 170 valence electrons. The van der Waals surface area contributed by atoms with Crippen LogP contribution in [0, 0.1) is 0 Å². The molecule has 1 aliphatic heterocycles. The number of rotatable bonds is 11. The van der Waals surface area contributed by atoms with Gasteiger partial charge in [-0.15, -0.1) is 24.0 Å². The van der Waals surface area contributed by atoms with Crippen molar-refractivity contribution in [2.75, 3.05) is 46.4 Å². The van der Waals surface area contributed by atoms with E-state index in [0.717, 1.165) is 77.3 Å². The molecule has 1 saturated heterocycles. The highest BCUT2D eigenvalue weighted by Gasteiger charge is 2.20. The lowest BCUT2D eigenvalue weighted by Crippen LogP contribution is -2.48. The van der Waals surface area contributed by atoms with Crippen LogP contribution in [0.2, 0.25) is 0 Å². The van der Waals surface area contributed by atoms with E-state index < -0.39 is 0 Å². The molecular formula is C21H41IN4O3. The van der Waals surface area contributed by atoms with Gasteiger partial charge >= 0.3 is 5.97 Å². The van der Waals surface area contributed by atoms with Gasteiger partial charge in [-0.05, 0) is 58.3 Å². The predicted octanol–water partition coefficient (Wildman–Crippen LogP) is 2.93. The topological polar surface area (TPSA) is 75.2 Å². The Kier molecular flexibility index (Phi) is 14.7. The standard InChI is InChI=1S/C21H40N4O3.HI/c1-3-22-21(23-13-6-10-20(26)28-19-8-4-5-9-19)24-18-11-15-25(16-12-18)14-7-17-27-2;/h18-19H,3-17H2,1-2H3,(H2,22,23,24);1H. The van der Waals surface area contributed by atoms with Crippen LogP contribution in [0.15, 0.2) is 4.99 Å². The van der Waals surface area contributed by atoms with E-state index in [0.29, 0.717) is 19.0 Å². The zero-order valence-corrected chi connectivity index (χ0v) is 20.6. The second-order valence-electron chi connectivity index (χ2n) is 7.87. The Morgan fingerprint density at radius 2 is 1.86 bits per heavy atom. The van der Waals surface area contributed by atoms with Crippen LogP contribution in [0.4, 0.5) is 0 Å². The Morgan fingerprint density at radius 1 is 1.14 bits per heavy atom. The normalized spacial score (nSPS) is 19.0. The molecule has 2 rings (SSSR count). The summed E-state index contributed by atoms with van der Waals surface area (Å²) in [4.78, 5) is 19.1. The first-order chi connectivity index (χ1) is 13.7. The third-order valence-electron chi connectivity index (χ3n) is 5.50. The van der Waals surface area contributed by atoms with Crippen LogP contribution in [0.25, 0.3) is 0 Å². The van der Waals surface area contributed by atoms with E-state index in [-0.39, 0.29) is 36.0 Å². The Balaban J connectivity index is 0.00000420. The maximum absolute atomic E-state index is 11.9. The molecule has 0 amide bonds. The monoisotopic (exact) mass is 524 g/mol. The molecule has 0 spiro atoms. The second-order valence-corrected chi connectivity index (χ2v) is 7.87. The minimum Gasteiger partial charge on any atom is -0.462 e. The number of guanidine groups is 1. The number of nitrogens with zero attached hydrogens (tertiary/aromatic N) is 2. The fourth-order valence-corrected chi connectivity index (χ4v) is 3.91. The quantitative estimate of drug-likeness (QED) is 0.142. The van der Waals surface area contributed by atoms with Gasteiger partial charge in [0.05, 0.1) is 0 Å². The molecule has 0 atom stereocenters. The minimum atomic E-state index is -0.0686. The Bertz CT molecular complexity index is 465. The average molecular weight is 524 g/mol. The number of hydrogen-bond acceptors (Lipinski definition) is 5. The Labute approximate surface area is 193 Å². The maximum atomic E-state index is 11.9. The number of methoxy groups -OCH3 is 1. The zero-order valence-electron chi connectivity index (χ0n) is 18.3. The van der Waals surface area contributed by atoms with Gasteiger partial charge in [0, 0.05) is 58.9 Å². The van der Waals surface area contributed by atoms with Crippen LogP contribution >= 0.6 is 24.0 Å². The number of carbonyl (C=O) groups excluding carboxylic acids is 1. The summed E-state index contributed by atoms with van der Waals surface area (Å²) in [6.07, 6.45) is 9.15. The number of hydrogen-bond donors (Lipinski definition) is 2. The molecule has 0 unspecified atom stereocenters. The molecule has 7 nitrogen and oxygen atoms in total. The summed E-state index contributed by atoms with van der Waals surface area (Å²) in [5, 5.41) is 6.89. The van der Waals surface area contributed by atoms with Crippen molar-refractivity contribution in [2.45, 2.75) is 76.9 Å². The summed E-state index contributed by atoms with van der Waals surface area (Å²) in [5.41, 5.74) is 0. The minimum absolute atomic E-state index is 0. The van der Waals surface area contributed by atoms with Crippen molar-refractivity contribution >= 4 is 35.9 Å². The molecule has 2 N–H and O–H groups in total. The summed E-state index contributed by atoms with van der Waals surface area (Å²) >= 11 is 0. The Hall–Kier alpha value is -0.610. The second kappa shape index (κ2) is 16.1. The van der Waals surface area contributed by atoms with Crippen LogP contribution in [0.3, 0.4) is 0 Å². The van der Waals surface area contributed by atoms with Gasteiger partial charge in [-0.2, -0.15) is 0 Å². The molecule has 0 aromatic rings. The summed E-state index contributed by atoms with van der Waals surface area (Å²) in [5.74, 6) is 0.797. The van der Waals surface area contributed by atoms with Gasteiger partial charge in [0.15, 0.2) is 5.96 Å². The van der Waals surface area contributed by atoms with Crippen molar-refractivity contribution in [1.29, 1.82) is 0 Å². The smallest absolute Gasteiger partial charge is 0.306 e. The van der Waals surface area contributed by atoms with Gasteiger partial charge in [0.25, 0.3) is 0 Å². The molecule has 1 saturated carbocycles. The van der Waals surface area contributed by atoms with Gasteiger partial charge in [-0.1, -0.05) is 0 Å². The molecule has 2 aliphatic rings. The van der Waals surface area contributed by atoms with E-state index in [2.05, 4.69) is 27.4 Å². The lowest BCUT2D eigenvalue weighted by molar-refractivity contribution is -0.148. The summed E-state index contributed by atoms with van der Waals surface area (Å²) < 4.78 is 10.6. The molecule has 8 heteroatoms. The largest absolute Gasteiger partial charge is 0.462 e. The third-order valence-corrected chi connectivity index (χ3v) is 5.50. The van der Waals surface area contributed by atoms with Crippen LogP contribution in [0.5, 0.6) is 0 Å². The van der Waals surface area contributed by atoms with E-state index in [1.54, 1.807) is 7.11 Å². The molecular weight excluding hydrogens is 483 g/mol. The summed E-state index contributed by atoms with van der Waals surface area (Å²) in [7, 11) is 1.76. The number of esters is 1. The van der Waals surface area contributed by atoms with Crippen LogP contribution in [-0.4, -0.2) is 75.4 Å². The zero-order chi connectivity index (χ0) is 20.0. The van der Waals surface area contributed by atoms with Crippen LogP contribution in [0.1, 0.15) is 64.7 Å². The highest BCUT2D eigenvalue weighted by atomic mass is 127. The van der Waals surface area contributed by atoms with Crippen molar-refractivity contribution in [1.82, 2.24) is 15.5 Å². The SMILES string of the molecule is CCNC(=NCCCC(=O)OC1CCCC1)NC1CCN(CCCOC)CC1.I. The van der Waals surface area contributed by atoms with Gasteiger partial charge in [0.1, 0.15) is 6.10 Å². The number of ether oxygens (including phenoxy) is 2. The highest BCUT2D eigenvalue weighted by Crippen LogP contribution is 2.21. The first-order valence-corrected chi connectivity index (χ1v) is 11.2. The van der Waals surface area contributed by atoms with Crippen molar-refractivity contribution < 1.29 is 14.3 Å². The predicted molar refractivity (Wildman–Crippen MR) is 128 cm³/mol. The molecule has 0 aromatic heterocycles. The van der Waals surface area contributed by atoms with Crippen molar-refractivity contribution in [3.8, 4) is 0 Å². The van der Waals surface area contributed by atoms with Crippen LogP contribution < -0.4 is 10.6 Å². The molecule has 0 radical (unpaired) electrons. The van der Waals surface area contributed by atoms with E-state index in [4.69, 9.17) is 9.47 Å². The fourth-order valence-electron chi connectivity index (χ4n) is 3.91. The molecule has 1 heterocycles. The molecule has 0 aromatic carbocycles. The molecule has 1 aliphatic carbocycles. The van der Waals surface area contributed by atoms with Gasteiger partial charge in [-0.3, -0.25) is 9.79 Å². The van der Waals surface area contributed by atoms with Crippen LogP contribution in [-0.2, 0) is 14.3 Å². The number of piperidine rings is 1. The average Bonchev–Trinajstić information content (AvgIpc) is 3.20. The number of aliphatic imine (C=N–C) groups is 1. The third kappa shape index (κ3) is 11.4. The van der Waals surface area contributed by atoms with E-state index in [1.165, 1.54) is 12.8 Å². The van der Waals surface area contributed by atoms with E-state index in [1.807, 2.05) is 0 Å². The summed E-state index contributed by atoms with van der Waals surface area (Å²) in [6.45, 7) is 7.75. The number of carbonyl (C=O) groups is 1. The number of nitrogens with one attached hydrogen (secondary N) is 2. The maximum Gasteiger partial charge on any atom is 0.306 e. The number of halogens is 1. The van der Waals surface area contributed by atoms with Gasteiger partial charge in [0.2, 0.25) is 0 Å². The first kappa shape index (κ1) is 26.4. The fraction of sp³-hybridized carbons (Fsp3) is 0.905. The number of likely N-dealkylation sites (tertiary alicyclic amines) is 1. The Morgan fingerprint density at radius 3 is 2.52 bits per heavy atom. The van der Waals surface area contributed by atoms with Crippen molar-refractivity contribution in [2.24, 2.45) is 4.99 Å². The highest BCUT2D eigenvalue weighted by molar-refractivity contribution is 14.0. The molecule has 2 fully saturated rings. The van der Waals surface area contributed by atoms with E-state index >= 15 is 0 Å². The molecule has 29 heavy (non-hydrogen) atoms. The van der Waals surface area contributed by atoms with E-state index in [9.17, 15) is 4.79 Å². The summed E-state index contributed by atoms with van der Waals surface area (Å²) in [6, 6.07) is 0.462. The first-order valence-electron chi connectivity index (χ1n) is 11.2. The van der Waals surface area contributed by atoms with Gasteiger partial charge in [-0.25, -0.2) is 0 Å². The van der Waals surface area contributed by atoms with Gasteiger partial charge < -0.3 is 25.0 Å². The lowest BCUT2D eigenvalue weighted by Gasteiger charge is -2.33.